The molecule has 0 radical (unpaired) electrons. The number of likely N-dealkylation sites (N-methyl/N-ethyl adjacent to an activating group) is 1. The maximum absolute atomic E-state index is 9.21. The topological polar surface area (TPSA) is 63.0 Å². The summed E-state index contributed by atoms with van der Waals surface area (Å²) in [5, 5.41) is 20.5. The average molecular weight is 232 g/mol. The summed E-state index contributed by atoms with van der Waals surface area (Å²) in [6.45, 7) is 2.10. The van der Waals surface area contributed by atoms with Crippen LogP contribution in [0.1, 0.15) is 12.6 Å². The average Bonchev–Trinajstić information content (AvgIpc) is 2.78. The lowest BCUT2D eigenvalue weighted by molar-refractivity contribution is 0.475. The van der Waals surface area contributed by atoms with Gasteiger partial charge in [-0.1, -0.05) is 5.21 Å². The third kappa shape index (κ3) is 2.82. The van der Waals surface area contributed by atoms with E-state index in [0.717, 1.165) is 17.8 Å². The number of phenols is 1. The van der Waals surface area contributed by atoms with Crippen LogP contribution >= 0.6 is 0 Å². The number of aromatic nitrogens is 3. The van der Waals surface area contributed by atoms with Gasteiger partial charge in [-0.3, -0.25) is 0 Å². The van der Waals surface area contributed by atoms with Gasteiger partial charge in [0.15, 0.2) is 0 Å². The normalized spacial score (nSPS) is 12.6. The van der Waals surface area contributed by atoms with E-state index >= 15 is 0 Å². The Morgan fingerprint density at radius 2 is 2.06 bits per heavy atom. The number of phenolic OH excluding ortho intramolecular Hbond substituents is 1. The molecule has 0 aliphatic heterocycles. The van der Waals surface area contributed by atoms with Crippen molar-refractivity contribution in [3.8, 4) is 11.4 Å². The predicted octanol–water partition coefficient (Wildman–Crippen LogP) is 1.12. The van der Waals surface area contributed by atoms with E-state index in [1.54, 1.807) is 28.9 Å². The van der Waals surface area contributed by atoms with Crippen molar-refractivity contribution in [2.75, 3.05) is 7.05 Å². The summed E-state index contributed by atoms with van der Waals surface area (Å²) >= 11 is 0. The summed E-state index contributed by atoms with van der Waals surface area (Å²) in [5.74, 6) is 0.248. The van der Waals surface area contributed by atoms with Crippen molar-refractivity contribution in [1.82, 2.24) is 20.3 Å². The molecule has 0 saturated heterocycles. The molecular weight excluding hydrogens is 216 g/mol. The lowest BCUT2D eigenvalue weighted by Crippen LogP contribution is -2.23. The Morgan fingerprint density at radius 1 is 1.35 bits per heavy atom. The maximum Gasteiger partial charge on any atom is 0.115 e. The maximum atomic E-state index is 9.21. The number of aromatic hydroxyl groups is 1. The SMILES string of the molecule is CNC(C)Cc1cn(-c2ccc(O)cc2)nn1. The molecule has 1 unspecified atom stereocenters. The van der Waals surface area contributed by atoms with Gasteiger partial charge in [0.25, 0.3) is 0 Å². The van der Waals surface area contributed by atoms with Crippen molar-refractivity contribution >= 4 is 0 Å². The zero-order chi connectivity index (χ0) is 12.3. The van der Waals surface area contributed by atoms with E-state index in [0.29, 0.717) is 6.04 Å². The molecule has 0 aliphatic rings. The van der Waals surface area contributed by atoms with Crippen molar-refractivity contribution in [3.05, 3.63) is 36.2 Å². The molecule has 0 saturated carbocycles. The Kier molecular flexibility index (Phi) is 3.39. The van der Waals surface area contributed by atoms with Crippen LogP contribution < -0.4 is 5.32 Å². The van der Waals surface area contributed by atoms with Gasteiger partial charge in [-0.15, -0.1) is 5.10 Å². The number of nitrogens with zero attached hydrogens (tertiary/aromatic N) is 3. The fourth-order valence-corrected chi connectivity index (χ4v) is 1.54. The zero-order valence-corrected chi connectivity index (χ0v) is 9.96. The molecule has 2 rings (SSSR count). The van der Waals surface area contributed by atoms with E-state index in [-0.39, 0.29) is 5.75 Å². The van der Waals surface area contributed by atoms with Crippen LogP contribution in [0, 0.1) is 0 Å². The van der Waals surface area contributed by atoms with Crippen LogP contribution in [0.5, 0.6) is 5.75 Å². The van der Waals surface area contributed by atoms with E-state index < -0.39 is 0 Å². The van der Waals surface area contributed by atoms with Crippen molar-refractivity contribution in [2.24, 2.45) is 0 Å². The van der Waals surface area contributed by atoms with Gasteiger partial charge in [-0.2, -0.15) is 0 Å². The van der Waals surface area contributed by atoms with Crippen LogP contribution in [0.25, 0.3) is 5.69 Å². The second-order valence-electron chi connectivity index (χ2n) is 4.06. The minimum absolute atomic E-state index is 0.248. The number of hydrogen-bond acceptors (Lipinski definition) is 4. The minimum atomic E-state index is 0.248. The van der Waals surface area contributed by atoms with Crippen molar-refractivity contribution in [1.29, 1.82) is 0 Å². The molecule has 1 aromatic carbocycles. The first-order chi connectivity index (χ1) is 8.19. The highest BCUT2D eigenvalue weighted by Gasteiger charge is 2.06. The van der Waals surface area contributed by atoms with Gasteiger partial charge in [0.05, 0.1) is 17.6 Å². The fraction of sp³-hybridized carbons (Fsp3) is 0.333. The Balaban J connectivity index is 2.15. The summed E-state index contributed by atoms with van der Waals surface area (Å²) in [5.41, 5.74) is 1.83. The quantitative estimate of drug-likeness (QED) is 0.829. The Bertz CT molecular complexity index is 478. The largest absolute Gasteiger partial charge is 0.508 e. The monoisotopic (exact) mass is 232 g/mol. The van der Waals surface area contributed by atoms with Crippen LogP contribution in [-0.4, -0.2) is 33.2 Å². The van der Waals surface area contributed by atoms with Crippen LogP contribution in [0.4, 0.5) is 0 Å². The lowest BCUT2D eigenvalue weighted by Gasteiger charge is -2.05. The first kappa shape index (κ1) is 11.6. The molecular formula is C12H16N4O. The van der Waals surface area contributed by atoms with E-state index in [1.165, 1.54) is 0 Å². The smallest absolute Gasteiger partial charge is 0.115 e. The number of benzene rings is 1. The molecule has 90 valence electrons. The fourth-order valence-electron chi connectivity index (χ4n) is 1.54. The first-order valence-electron chi connectivity index (χ1n) is 5.57. The third-order valence-electron chi connectivity index (χ3n) is 2.66. The van der Waals surface area contributed by atoms with Crippen LogP contribution in [-0.2, 0) is 6.42 Å². The zero-order valence-electron chi connectivity index (χ0n) is 9.96. The van der Waals surface area contributed by atoms with Crippen molar-refractivity contribution in [3.63, 3.8) is 0 Å². The van der Waals surface area contributed by atoms with Gasteiger partial charge < -0.3 is 10.4 Å². The number of hydrogen-bond donors (Lipinski definition) is 2. The van der Waals surface area contributed by atoms with Gasteiger partial charge in [0.1, 0.15) is 5.75 Å². The summed E-state index contributed by atoms with van der Waals surface area (Å²) in [6, 6.07) is 7.24. The van der Waals surface area contributed by atoms with Crippen LogP contribution in [0.15, 0.2) is 30.5 Å². The molecule has 5 nitrogen and oxygen atoms in total. The summed E-state index contributed by atoms with van der Waals surface area (Å²) in [7, 11) is 1.93. The highest BCUT2D eigenvalue weighted by molar-refractivity contribution is 5.35. The molecule has 0 bridgehead atoms. The lowest BCUT2D eigenvalue weighted by atomic mass is 10.2. The van der Waals surface area contributed by atoms with Crippen molar-refractivity contribution in [2.45, 2.75) is 19.4 Å². The van der Waals surface area contributed by atoms with Crippen molar-refractivity contribution < 1.29 is 5.11 Å². The Labute approximate surface area is 100 Å². The Hall–Kier alpha value is -1.88. The van der Waals surface area contributed by atoms with Crippen LogP contribution in [0.3, 0.4) is 0 Å². The van der Waals surface area contributed by atoms with Gasteiger partial charge in [-0.05, 0) is 38.2 Å². The molecule has 0 spiro atoms. The standard InChI is InChI=1S/C12H16N4O/c1-9(13-2)7-10-8-16(15-14-10)11-3-5-12(17)6-4-11/h3-6,8-9,13,17H,7H2,1-2H3. The highest BCUT2D eigenvalue weighted by atomic mass is 16.3. The van der Waals surface area contributed by atoms with Gasteiger partial charge >= 0.3 is 0 Å². The Morgan fingerprint density at radius 3 is 2.71 bits per heavy atom. The molecule has 2 aromatic rings. The predicted molar refractivity (Wildman–Crippen MR) is 65.2 cm³/mol. The minimum Gasteiger partial charge on any atom is -0.508 e. The molecule has 2 N–H and O–H groups in total. The number of nitrogens with one attached hydrogen (secondary N) is 1. The molecule has 0 aliphatic carbocycles. The van der Waals surface area contributed by atoms with Gasteiger partial charge in [0.2, 0.25) is 0 Å². The second-order valence-corrected chi connectivity index (χ2v) is 4.06. The molecule has 1 atom stereocenters. The molecule has 0 fully saturated rings. The molecule has 1 heterocycles. The van der Waals surface area contributed by atoms with E-state index in [4.69, 9.17) is 0 Å². The molecule has 0 amide bonds. The van der Waals surface area contributed by atoms with Crippen LogP contribution in [0.2, 0.25) is 0 Å². The summed E-state index contributed by atoms with van der Waals surface area (Å²) in [4.78, 5) is 0. The molecule has 5 heteroatoms. The molecule has 17 heavy (non-hydrogen) atoms. The third-order valence-corrected chi connectivity index (χ3v) is 2.66. The molecule has 1 aromatic heterocycles. The first-order valence-corrected chi connectivity index (χ1v) is 5.57. The number of rotatable bonds is 4. The van der Waals surface area contributed by atoms with Gasteiger partial charge in [-0.25, -0.2) is 4.68 Å². The highest BCUT2D eigenvalue weighted by Crippen LogP contribution is 2.13. The summed E-state index contributed by atoms with van der Waals surface area (Å²) < 4.78 is 1.71. The summed E-state index contributed by atoms with van der Waals surface area (Å²) in [6.07, 6.45) is 2.74. The van der Waals surface area contributed by atoms with E-state index in [1.807, 2.05) is 13.2 Å². The van der Waals surface area contributed by atoms with E-state index in [9.17, 15) is 5.11 Å². The van der Waals surface area contributed by atoms with Gasteiger partial charge in [0, 0.05) is 12.5 Å². The van der Waals surface area contributed by atoms with E-state index in [2.05, 4.69) is 22.6 Å². The second kappa shape index (κ2) is 4.97.